The number of nitrogens with one attached hydrogen (secondary N) is 2. The second kappa shape index (κ2) is 9.65. The van der Waals surface area contributed by atoms with Gasteiger partial charge in [-0.1, -0.05) is 31.4 Å². The molecular weight excluding hydrogens is 438 g/mol. The normalized spacial score (nSPS) is 22.8. The maximum Gasteiger partial charge on any atom is 0.266 e. The van der Waals surface area contributed by atoms with E-state index in [-0.39, 0.29) is 30.1 Å². The highest BCUT2D eigenvalue weighted by molar-refractivity contribution is 7.12. The average molecular weight is 470 g/mol. The molecule has 8 heteroatoms. The SMILES string of the molecule is COCC(=O)C1=C(NC(=O)c2cccs2)NC2=CC(N(C)C(=O)C3CCCCC3)=CCC21C. The van der Waals surface area contributed by atoms with E-state index in [9.17, 15) is 14.4 Å². The summed E-state index contributed by atoms with van der Waals surface area (Å²) in [4.78, 5) is 41.1. The number of fused-ring (bicyclic) bond motifs is 1. The third-order valence-corrected chi connectivity index (χ3v) is 7.75. The molecule has 1 aromatic rings. The molecule has 33 heavy (non-hydrogen) atoms. The van der Waals surface area contributed by atoms with Crippen molar-refractivity contribution in [2.75, 3.05) is 20.8 Å². The van der Waals surface area contributed by atoms with Crippen LogP contribution in [0.2, 0.25) is 0 Å². The van der Waals surface area contributed by atoms with Crippen LogP contribution in [0.1, 0.15) is 55.1 Å². The zero-order chi connectivity index (χ0) is 23.6. The molecule has 1 fully saturated rings. The quantitative estimate of drug-likeness (QED) is 0.635. The second-order valence-electron chi connectivity index (χ2n) is 9.12. The van der Waals surface area contributed by atoms with Crippen molar-refractivity contribution >= 4 is 28.9 Å². The van der Waals surface area contributed by atoms with E-state index in [0.717, 1.165) is 37.1 Å². The fourth-order valence-electron chi connectivity index (χ4n) is 4.98. The summed E-state index contributed by atoms with van der Waals surface area (Å²) in [6, 6.07) is 3.55. The standard InChI is InChI=1S/C25H31N3O4S/c1-25-12-11-17(28(2)24(31)16-8-5-4-6-9-16)14-20(25)26-22(21(25)18(29)15-32-3)27-23(30)19-10-7-13-33-19/h7,10-11,13-14,16,26H,4-6,8-9,12,15H2,1-3H3,(H,27,30). The Morgan fingerprint density at radius 1 is 1.27 bits per heavy atom. The fraction of sp³-hybridized carbons (Fsp3) is 0.480. The van der Waals surface area contributed by atoms with E-state index >= 15 is 0 Å². The molecule has 0 saturated heterocycles. The van der Waals surface area contributed by atoms with Crippen LogP contribution in [0.5, 0.6) is 0 Å². The lowest BCUT2D eigenvalue weighted by Gasteiger charge is -2.33. The minimum Gasteiger partial charge on any atom is -0.377 e. The first-order valence-corrected chi connectivity index (χ1v) is 12.3. The van der Waals surface area contributed by atoms with Crippen molar-refractivity contribution in [1.82, 2.24) is 15.5 Å². The predicted molar refractivity (Wildman–Crippen MR) is 127 cm³/mol. The average Bonchev–Trinajstić information content (AvgIpc) is 3.44. The summed E-state index contributed by atoms with van der Waals surface area (Å²) < 4.78 is 5.11. The molecule has 3 aliphatic rings. The van der Waals surface area contributed by atoms with Gasteiger partial charge in [0.05, 0.1) is 10.5 Å². The molecule has 7 nitrogen and oxygen atoms in total. The van der Waals surface area contributed by atoms with Crippen molar-refractivity contribution < 1.29 is 19.1 Å². The Labute approximate surface area is 198 Å². The van der Waals surface area contributed by atoms with E-state index in [1.54, 1.807) is 11.0 Å². The van der Waals surface area contributed by atoms with Crippen molar-refractivity contribution in [3.05, 3.63) is 57.3 Å². The van der Waals surface area contributed by atoms with Gasteiger partial charge in [0.2, 0.25) is 5.91 Å². The van der Waals surface area contributed by atoms with Crippen molar-refractivity contribution in [2.45, 2.75) is 45.4 Å². The molecule has 2 heterocycles. The van der Waals surface area contributed by atoms with Gasteiger partial charge in [-0.25, -0.2) is 0 Å². The summed E-state index contributed by atoms with van der Waals surface area (Å²) in [5.74, 6) is 0.164. The lowest BCUT2D eigenvalue weighted by atomic mass is 9.74. The highest BCUT2D eigenvalue weighted by Gasteiger charge is 2.46. The van der Waals surface area contributed by atoms with Gasteiger partial charge < -0.3 is 20.3 Å². The topological polar surface area (TPSA) is 87.7 Å². The van der Waals surface area contributed by atoms with Gasteiger partial charge in [-0.05, 0) is 43.7 Å². The smallest absolute Gasteiger partial charge is 0.266 e. The Bertz CT molecular complexity index is 1030. The maximum absolute atomic E-state index is 13.1. The van der Waals surface area contributed by atoms with Crippen LogP contribution in [-0.2, 0) is 14.3 Å². The van der Waals surface area contributed by atoms with E-state index in [1.807, 2.05) is 37.6 Å². The molecule has 0 spiro atoms. The molecule has 2 N–H and O–H groups in total. The lowest BCUT2D eigenvalue weighted by molar-refractivity contribution is -0.133. The number of ketones is 1. The van der Waals surface area contributed by atoms with Gasteiger partial charge in [0, 0.05) is 36.9 Å². The van der Waals surface area contributed by atoms with Gasteiger partial charge in [0.1, 0.15) is 12.4 Å². The van der Waals surface area contributed by atoms with Gasteiger partial charge in [-0.15, -0.1) is 11.3 Å². The van der Waals surface area contributed by atoms with Crippen molar-refractivity contribution in [1.29, 1.82) is 0 Å². The van der Waals surface area contributed by atoms with E-state index in [4.69, 9.17) is 4.74 Å². The van der Waals surface area contributed by atoms with E-state index < -0.39 is 5.41 Å². The van der Waals surface area contributed by atoms with Crippen molar-refractivity contribution in [3.8, 4) is 0 Å². The Morgan fingerprint density at radius 3 is 2.70 bits per heavy atom. The summed E-state index contributed by atoms with van der Waals surface area (Å²) >= 11 is 1.34. The van der Waals surface area contributed by atoms with Crippen LogP contribution >= 0.6 is 11.3 Å². The number of allylic oxidation sites excluding steroid dienone is 3. The van der Waals surface area contributed by atoms with Crippen LogP contribution in [0.4, 0.5) is 0 Å². The summed E-state index contributed by atoms with van der Waals surface area (Å²) in [6.45, 7) is 1.91. The van der Waals surface area contributed by atoms with Crippen LogP contribution in [0.15, 0.2) is 52.5 Å². The highest BCUT2D eigenvalue weighted by Crippen LogP contribution is 2.47. The second-order valence-corrected chi connectivity index (χ2v) is 10.1. The monoisotopic (exact) mass is 469 g/mol. The highest BCUT2D eigenvalue weighted by atomic mass is 32.1. The zero-order valence-corrected chi connectivity index (χ0v) is 20.2. The molecule has 2 aliphatic carbocycles. The molecular formula is C25H31N3O4S. The molecule has 1 aromatic heterocycles. The predicted octanol–water partition coefficient (Wildman–Crippen LogP) is 3.72. The maximum atomic E-state index is 13.1. The molecule has 1 aliphatic heterocycles. The first kappa shape index (κ1) is 23.4. The molecule has 0 bridgehead atoms. The molecule has 4 rings (SSSR count). The number of nitrogens with zero attached hydrogens (tertiary/aromatic N) is 1. The van der Waals surface area contributed by atoms with E-state index in [1.165, 1.54) is 24.9 Å². The Balaban J connectivity index is 1.59. The van der Waals surface area contributed by atoms with Crippen molar-refractivity contribution in [2.24, 2.45) is 11.3 Å². The van der Waals surface area contributed by atoms with Crippen LogP contribution < -0.4 is 10.6 Å². The minimum absolute atomic E-state index is 0.0745. The number of Topliss-reactive ketones (excluding diaryl/α,β-unsaturated/α-hetero) is 1. The molecule has 1 saturated carbocycles. The van der Waals surface area contributed by atoms with Crippen LogP contribution in [0.25, 0.3) is 0 Å². The van der Waals surface area contributed by atoms with Crippen LogP contribution in [0.3, 0.4) is 0 Å². The number of methoxy groups -OCH3 is 1. The van der Waals surface area contributed by atoms with Gasteiger partial charge >= 0.3 is 0 Å². The Kier molecular flexibility index (Phi) is 6.86. The van der Waals surface area contributed by atoms with Gasteiger partial charge in [-0.2, -0.15) is 0 Å². The number of carbonyl (C=O) groups is 3. The minimum atomic E-state index is -0.633. The van der Waals surface area contributed by atoms with Crippen LogP contribution in [-0.4, -0.2) is 43.3 Å². The largest absolute Gasteiger partial charge is 0.377 e. The number of likely N-dealkylation sites (N-methyl/N-ethyl adjacent to an activating group) is 1. The first-order valence-electron chi connectivity index (χ1n) is 11.4. The Morgan fingerprint density at radius 2 is 2.03 bits per heavy atom. The van der Waals surface area contributed by atoms with Gasteiger partial charge in [-0.3, -0.25) is 14.4 Å². The summed E-state index contributed by atoms with van der Waals surface area (Å²) in [7, 11) is 3.30. The number of ether oxygens (including phenoxy) is 1. The van der Waals surface area contributed by atoms with Crippen LogP contribution in [0, 0.1) is 11.3 Å². The van der Waals surface area contributed by atoms with Gasteiger partial charge in [0.25, 0.3) is 5.91 Å². The molecule has 1 unspecified atom stereocenters. The molecule has 2 amide bonds. The number of rotatable bonds is 7. The zero-order valence-electron chi connectivity index (χ0n) is 19.4. The fourth-order valence-corrected chi connectivity index (χ4v) is 5.60. The summed E-state index contributed by atoms with van der Waals surface area (Å²) in [5.41, 5.74) is 1.47. The molecule has 0 aromatic carbocycles. The molecule has 176 valence electrons. The number of thiophene rings is 1. The molecule has 1 atom stereocenters. The van der Waals surface area contributed by atoms with E-state index in [2.05, 4.69) is 10.6 Å². The summed E-state index contributed by atoms with van der Waals surface area (Å²) in [5, 5.41) is 8.00. The van der Waals surface area contributed by atoms with E-state index in [0.29, 0.717) is 22.7 Å². The Hall–Kier alpha value is -2.71. The number of hydrogen-bond donors (Lipinski definition) is 2. The van der Waals surface area contributed by atoms with Gasteiger partial charge in [0.15, 0.2) is 5.78 Å². The first-order chi connectivity index (χ1) is 15.8. The number of carbonyl (C=O) groups excluding carboxylic acids is 3. The third kappa shape index (κ3) is 4.54. The number of amides is 2. The summed E-state index contributed by atoms with van der Waals surface area (Å²) in [6.07, 6.45) is 9.76. The number of hydrogen-bond acceptors (Lipinski definition) is 6. The lowest BCUT2D eigenvalue weighted by Crippen LogP contribution is -2.35. The third-order valence-electron chi connectivity index (χ3n) is 6.88. The van der Waals surface area contributed by atoms with Crippen molar-refractivity contribution in [3.63, 3.8) is 0 Å². The molecule has 0 radical (unpaired) electrons.